The zero-order chi connectivity index (χ0) is 20.5. The number of urea groups is 1. The summed E-state index contributed by atoms with van der Waals surface area (Å²) in [6.45, 7) is 3.83. The zero-order valence-electron chi connectivity index (χ0n) is 17.8. The van der Waals surface area contributed by atoms with E-state index in [2.05, 4.69) is 15.1 Å². The number of carbonyl (C=O) groups is 2. The molecule has 3 heterocycles. The molecule has 1 aromatic carbocycles. The summed E-state index contributed by atoms with van der Waals surface area (Å²) in [6.07, 6.45) is 9.09. The van der Waals surface area contributed by atoms with Crippen LogP contribution >= 0.6 is 0 Å². The Kier molecular flexibility index (Phi) is 5.68. The van der Waals surface area contributed by atoms with Crippen LogP contribution in [-0.4, -0.2) is 77.0 Å². The van der Waals surface area contributed by atoms with E-state index in [-0.39, 0.29) is 11.9 Å². The van der Waals surface area contributed by atoms with Crippen LogP contribution in [0.4, 0.5) is 4.79 Å². The summed E-state index contributed by atoms with van der Waals surface area (Å²) in [5.41, 5.74) is 0.793. The zero-order valence-corrected chi connectivity index (χ0v) is 17.8. The molecule has 6 nitrogen and oxygen atoms in total. The third kappa shape index (κ3) is 3.82. The molecule has 0 aromatic heterocycles. The number of benzene rings is 1. The highest BCUT2D eigenvalue weighted by molar-refractivity contribution is 5.94. The Hall–Kier alpha value is -2.08. The van der Waals surface area contributed by atoms with Crippen molar-refractivity contribution < 1.29 is 9.59 Å². The number of nitrogens with one attached hydrogen (secondary N) is 1. The van der Waals surface area contributed by atoms with E-state index < -0.39 is 0 Å². The Morgan fingerprint density at radius 3 is 2.23 bits per heavy atom. The normalized spacial score (nSPS) is 29.0. The first kappa shape index (κ1) is 19.9. The van der Waals surface area contributed by atoms with E-state index >= 15 is 0 Å². The van der Waals surface area contributed by atoms with Crippen LogP contribution in [0.1, 0.15) is 61.7 Å². The predicted octanol–water partition coefficient (Wildman–Crippen LogP) is 3.09. The fraction of sp³-hybridized carbons (Fsp3) is 0.667. The van der Waals surface area contributed by atoms with Gasteiger partial charge in [0.1, 0.15) is 0 Å². The standard InChI is InChI=1S/C24H34N4O2/c29-23(18-6-2-1-3-7-18)27-16-10-19(11-17-27)26-14-12-20(13-15-26)28-22-9-5-4-8-21(22)25-24(28)30/h1-3,6-7,19-22H,4-5,8-17H2,(H,25,30)/t21-,22+/m1/s1. The van der Waals surface area contributed by atoms with Crippen LogP contribution in [0.3, 0.4) is 0 Å². The van der Waals surface area contributed by atoms with Crippen LogP contribution < -0.4 is 5.32 Å². The first-order valence-electron chi connectivity index (χ1n) is 11.9. The third-order valence-electron chi connectivity index (χ3n) is 7.81. The number of carbonyl (C=O) groups excluding carboxylic acids is 2. The second-order valence-electron chi connectivity index (χ2n) is 9.47. The summed E-state index contributed by atoms with van der Waals surface area (Å²) < 4.78 is 0. The van der Waals surface area contributed by atoms with Crippen molar-refractivity contribution >= 4 is 11.9 Å². The molecule has 3 amide bonds. The molecular weight excluding hydrogens is 376 g/mol. The molecule has 5 rings (SSSR count). The first-order chi connectivity index (χ1) is 14.7. The van der Waals surface area contributed by atoms with Gasteiger partial charge in [0.05, 0.1) is 12.1 Å². The Morgan fingerprint density at radius 1 is 0.833 bits per heavy atom. The minimum Gasteiger partial charge on any atom is -0.339 e. The van der Waals surface area contributed by atoms with Gasteiger partial charge in [-0.25, -0.2) is 4.79 Å². The van der Waals surface area contributed by atoms with Crippen molar-refractivity contribution in [2.24, 2.45) is 0 Å². The molecule has 0 unspecified atom stereocenters. The summed E-state index contributed by atoms with van der Waals surface area (Å²) >= 11 is 0. The second-order valence-corrected chi connectivity index (χ2v) is 9.47. The number of amides is 3. The van der Waals surface area contributed by atoms with E-state index in [1.54, 1.807) is 0 Å². The summed E-state index contributed by atoms with van der Waals surface area (Å²) in [5, 5.41) is 3.24. The highest BCUT2D eigenvalue weighted by Crippen LogP contribution is 2.33. The van der Waals surface area contributed by atoms with Gasteiger partial charge in [-0.3, -0.25) is 4.79 Å². The maximum atomic E-state index is 12.7. The Morgan fingerprint density at radius 2 is 1.50 bits per heavy atom. The molecule has 6 heteroatoms. The summed E-state index contributed by atoms with van der Waals surface area (Å²) in [4.78, 5) is 32.1. The minimum absolute atomic E-state index is 0.162. The number of likely N-dealkylation sites (tertiary alicyclic amines) is 2. The average Bonchev–Trinajstić information content (AvgIpc) is 3.15. The van der Waals surface area contributed by atoms with Gasteiger partial charge in [-0.15, -0.1) is 0 Å². The molecule has 162 valence electrons. The summed E-state index contributed by atoms with van der Waals surface area (Å²) in [5.74, 6) is 0.162. The topological polar surface area (TPSA) is 55.9 Å². The molecule has 0 radical (unpaired) electrons. The number of hydrogen-bond donors (Lipinski definition) is 1. The summed E-state index contributed by atoms with van der Waals surface area (Å²) in [6, 6.07) is 11.6. The number of fused-ring (bicyclic) bond motifs is 1. The van der Waals surface area contributed by atoms with Crippen molar-refractivity contribution in [2.75, 3.05) is 26.2 Å². The second kappa shape index (κ2) is 8.58. The van der Waals surface area contributed by atoms with Gasteiger partial charge in [0.15, 0.2) is 0 Å². The summed E-state index contributed by atoms with van der Waals surface area (Å²) in [7, 11) is 0. The van der Waals surface area contributed by atoms with E-state index in [1.807, 2.05) is 35.2 Å². The quantitative estimate of drug-likeness (QED) is 0.833. The molecular formula is C24H34N4O2. The van der Waals surface area contributed by atoms with Gasteiger partial charge in [0.2, 0.25) is 0 Å². The Balaban J connectivity index is 1.12. The first-order valence-corrected chi connectivity index (χ1v) is 11.9. The predicted molar refractivity (Wildman–Crippen MR) is 116 cm³/mol. The molecule has 2 atom stereocenters. The van der Waals surface area contributed by atoms with Crippen LogP contribution in [0, 0.1) is 0 Å². The number of nitrogens with zero attached hydrogens (tertiary/aromatic N) is 3. The highest BCUT2D eigenvalue weighted by atomic mass is 16.2. The number of hydrogen-bond acceptors (Lipinski definition) is 3. The van der Waals surface area contributed by atoms with Crippen molar-refractivity contribution in [1.82, 2.24) is 20.0 Å². The van der Waals surface area contributed by atoms with Crippen LogP contribution in [0.15, 0.2) is 30.3 Å². The largest absolute Gasteiger partial charge is 0.339 e. The fourth-order valence-corrected chi connectivity index (χ4v) is 6.16. The van der Waals surface area contributed by atoms with Gasteiger partial charge in [0, 0.05) is 43.8 Å². The van der Waals surface area contributed by atoms with Crippen LogP contribution in [0.5, 0.6) is 0 Å². The van der Waals surface area contributed by atoms with E-state index in [9.17, 15) is 9.59 Å². The molecule has 4 fully saturated rings. The lowest BCUT2D eigenvalue weighted by atomic mass is 9.89. The van der Waals surface area contributed by atoms with Crippen molar-refractivity contribution in [3.8, 4) is 0 Å². The van der Waals surface area contributed by atoms with Gasteiger partial charge < -0.3 is 20.0 Å². The van der Waals surface area contributed by atoms with Crippen molar-refractivity contribution in [3.05, 3.63) is 35.9 Å². The smallest absolute Gasteiger partial charge is 0.318 e. The molecule has 1 N–H and O–H groups in total. The van der Waals surface area contributed by atoms with Crippen LogP contribution in [0.25, 0.3) is 0 Å². The minimum atomic E-state index is 0.162. The van der Waals surface area contributed by atoms with E-state index in [4.69, 9.17) is 0 Å². The lowest BCUT2D eigenvalue weighted by Crippen LogP contribution is -2.53. The van der Waals surface area contributed by atoms with E-state index in [1.165, 1.54) is 12.8 Å². The third-order valence-corrected chi connectivity index (χ3v) is 7.81. The van der Waals surface area contributed by atoms with Crippen LogP contribution in [-0.2, 0) is 0 Å². The fourth-order valence-electron chi connectivity index (χ4n) is 6.16. The van der Waals surface area contributed by atoms with Crippen molar-refractivity contribution in [2.45, 2.75) is 75.5 Å². The molecule has 1 aromatic rings. The van der Waals surface area contributed by atoms with Crippen molar-refractivity contribution in [3.63, 3.8) is 0 Å². The molecule has 1 aliphatic carbocycles. The average molecular weight is 411 g/mol. The highest BCUT2D eigenvalue weighted by Gasteiger charge is 2.44. The molecule has 3 saturated heterocycles. The molecule has 30 heavy (non-hydrogen) atoms. The lowest BCUT2D eigenvalue weighted by molar-refractivity contribution is 0.0471. The van der Waals surface area contributed by atoms with Crippen LogP contribution in [0.2, 0.25) is 0 Å². The molecule has 0 spiro atoms. The van der Waals surface area contributed by atoms with Gasteiger partial charge in [-0.05, 0) is 50.7 Å². The van der Waals surface area contributed by atoms with Gasteiger partial charge >= 0.3 is 6.03 Å². The monoisotopic (exact) mass is 410 g/mol. The van der Waals surface area contributed by atoms with Crippen molar-refractivity contribution in [1.29, 1.82) is 0 Å². The van der Waals surface area contributed by atoms with E-state index in [0.717, 1.165) is 70.3 Å². The molecule has 0 bridgehead atoms. The van der Waals surface area contributed by atoms with Gasteiger partial charge in [-0.2, -0.15) is 0 Å². The molecule has 3 aliphatic heterocycles. The van der Waals surface area contributed by atoms with Gasteiger partial charge in [-0.1, -0.05) is 31.0 Å². The maximum absolute atomic E-state index is 12.7. The number of piperidine rings is 2. The van der Waals surface area contributed by atoms with E-state index in [0.29, 0.717) is 24.2 Å². The molecule has 1 saturated carbocycles. The lowest BCUT2D eigenvalue weighted by Gasteiger charge is -2.44. The Labute approximate surface area is 179 Å². The Bertz CT molecular complexity index is 754. The SMILES string of the molecule is O=C(c1ccccc1)N1CCC(N2CCC(N3C(=O)N[C@@H]4CCCC[C@@H]43)CC2)CC1. The van der Waals surface area contributed by atoms with Gasteiger partial charge in [0.25, 0.3) is 5.91 Å². The number of rotatable bonds is 3. The maximum Gasteiger partial charge on any atom is 0.318 e. The molecule has 4 aliphatic rings.